The second-order valence-corrected chi connectivity index (χ2v) is 9.21. The third kappa shape index (κ3) is 4.35. The summed E-state index contributed by atoms with van der Waals surface area (Å²) in [6.45, 7) is 6.75. The predicted octanol–water partition coefficient (Wildman–Crippen LogP) is 3.45. The third-order valence-electron chi connectivity index (χ3n) is 6.84. The lowest BCUT2D eigenvalue weighted by molar-refractivity contribution is -0.132. The fourth-order valence-corrected chi connectivity index (χ4v) is 5.18. The molecular formula is C23H31ClN4O2. The lowest BCUT2D eigenvalue weighted by atomic mass is 9.77. The molecule has 2 aliphatic heterocycles. The number of carbonyl (C=O) groups excluding carboxylic acids is 1. The minimum absolute atomic E-state index is 0.214. The first-order valence-electron chi connectivity index (χ1n) is 10.7. The van der Waals surface area contributed by atoms with Crippen molar-refractivity contribution < 1.29 is 9.53 Å². The van der Waals surface area contributed by atoms with Crippen molar-refractivity contribution in [1.29, 1.82) is 0 Å². The van der Waals surface area contributed by atoms with Crippen molar-refractivity contribution in [2.75, 3.05) is 33.3 Å². The van der Waals surface area contributed by atoms with Gasteiger partial charge in [-0.15, -0.1) is 0 Å². The van der Waals surface area contributed by atoms with Crippen LogP contribution in [0, 0.1) is 12.3 Å². The summed E-state index contributed by atoms with van der Waals surface area (Å²) < 4.78 is 7.03. The molecule has 2 aromatic rings. The van der Waals surface area contributed by atoms with E-state index in [1.807, 2.05) is 43.1 Å². The summed E-state index contributed by atoms with van der Waals surface area (Å²) in [6, 6.07) is 7.79. The average Bonchev–Trinajstić information content (AvgIpc) is 3.24. The summed E-state index contributed by atoms with van der Waals surface area (Å²) in [5.41, 5.74) is 3.49. The molecule has 2 saturated heterocycles. The van der Waals surface area contributed by atoms with E-state index in [-0.39, 0.29) is 5.91 Å². The van der Waals surface area contributed by atoms with E-state index in [0.29, 0.717) is 11.8 Å². The maximum Gasteiger partial charge on any atom is 0.226 e. The summed E-state index contributed by atoms with van der Waals surface area (Å²) in [7, 11) is 3.54. The van der Waals surface area contributed by atoms with Crippen LogP contribution in [0.2, 0.25) is 5.15 Å². The molecule has 0 saturated carbocycles. The molecule has 0 bridgehead atoms. The Morgan fingerprint density at radius 2 is 1.97 bits per heavy atom. The van der Waals surface area contributed by atoms with Crippen LogP contribution in [0.3, 0.4) is 0 Å². The van der Waals surface area contributed by atoms with Gasteiger partial charge in [-0.25, -0.2) is 0 Å². The number of hydrogen-bond acceptors (Lipinski definition) is 4. The number of likely N-dealkylation sites (tertiary alicyclic amines) is 2. The number of rotatable bonds is 5. The summed E-state index contributed by atoms with van der Waals surface area (Å²) in [4.78, 5) is 17.3. The highest BCUT2D eigenvalue weighted by atomic mass is 35.5. The summed E-state index contributed by atoms with van der Waals surface area (Å²) >= 11 is 6.43. The van der Waals surface area contributed by atoms with Crippen molar-refractivity contribution in [3.8, 4) is 5.75 Å². The van der Waals surface area contributed by atoms with Crippen molar-refractivity contribution in [3.63, 3.8) is 0 Å². The van der Waals surface area contributed by atoms with Gasteiger partial charge < -0.3 is 9.64 Å². The number of amides is 1. The van der Waals surface area contributed by atoms with E-state index in [1.54, 1.807) is 11.8 Å². The van der Waals surface area contributed by atoms with Crippen LogP contribution in [0.5, 0.6) is 5.75 Å². The topological polar surface area (TPSA) is 50.6 Å². The zero-order valence-corrected chi connectivity index (χ0v) is 18.9. The largest absolute Gasteiger partial charge is 0.497 e. The van der Waals surface area contributed by atoms with Crippen LogP contribution in [0.25, 0.3) is 0 Å². The first-order chi connectivity index (χ1) is 14.4. The normalized spacial score (nSPS) is 18.9. The van der Waals surface area contributed by atoms with Crippen molar-refractivity contribution in [2.24, 2.45) is 12.5 Å². The molecule has 1 aromatic carbocycles. The summed E-state index contributed by atoms with van der Waals surface area (Å²) in [5.74, 6) is 1.01. The average molecular weight is 431 g/mol. The van der Waals surface area contributed by atoms with Crippen LogP contribution in [0.4, 0.5) is 0 Å². The van der Waals surface area contributed by atoms with Gasteiger partial charge in [0.15, 0.2) is 0 Å². The maximum absolute atomic E-state index is 12.8. The number of ether oxygens (including phenoxy) is 1. The number of hydrogen-bond donors (Lipinski definition) is 0. The SMILES string of the molecule is COc1cccc(CC(=O)N2CCC3(CCN(Cc4c(C)nn(C)c4Cl)C3)CC2)c1. The van der Waals surface area contributed by atoms with Crippen LogP contribution < -0.4 is 4.74 Å². The van der Waals surface area contributed by atoms with Crippen LogP contribution in [0.1, 0.15) is 36.1 Å². The van der Waals surface area contributed by atoms with Gasteiger partial charge in [-0.2, -0.15) is 5.10 Å². The number of nitrogens with zero attached hydrogens (tertiary/aromatic N) is 4. The van der Waals surface area contributed by atoms with E-state index in [2.05, 4.69) is 10.00 Å². The molecule has 0 atom stereocenters. The standard InChI is InChI=1S/C23H31ClN4O2/c1-17-20(22(24)26(2)25-17)15-27-10-7-23(16-27)8-11-28(12-9-23)21(29)14-18-5-4-6-19(13-18)30-3/h4-6,13H,7-12,14-16H2,1-3H3. The Bertz CT molecular complexity index is 918. The molecule has 0 aliphatic carbocycles. The van der Waals surface area contributed by atoms with E-state index in [4.69, 9.17) is 16.3 Å². The molecule has 1 aromatic heterocycles. The van der Waals surface area contributed by atoms with Gasteiger partial charge in [0.1, 0.15) is 10.9 Å². The molecule has 1 spiro atoms. The smallest absolute Gasteiger partial charge is 0.226 e. The van der Waals surface area contributed by atoms with Gasteiger partial charge in [0.2, 0.25) is 5.91 Å². The Morgan fingerprint density at radius 3 is 2.63 bits per heavy atom. The highest BCUT2D eigenvalue weighted by Gasteiger charge is 2.41. The number of halogens is 1. The monoisotopic (exact) mass is 430 g/mol. The van der Waals surface area contributed by atoms with Crippen molar-refractivity contribution in [2.45, 2.75) is 39.2 Å². The fourth-order valence-electron chi connectivity index (χ4n) is 4.95. The molecule has 7 heteroatoms. The van der Waals surface area contributed by atoms with Crippen LogP contribution in [-0.2, 0) is 24.8 Å². The van der Waals surface area contributed by atoms with E-state index < -0.39 is 0 Å². The Balaban J connectivity index is 1.31. The highest BCUT2D eigenvalue weighted by Crippen LogP contribution is 2.41. The lowest BCUT2D eigenvalue weighted by Gasteiger charge is -2.39. The van der Waals surface area contributed by atoms with E-state index in [1.165, 1.54) is 6.42 Å². The van der Waals surface area contributed by atoms with Gasteiger partial charge in [0.05, 0.1) is 19.2 Å². The molecule has 2 fully saturated rings. The van der Waals surface area contributed by atoms with Crippen molar-refractivity contribution >= 4 is 17.5 Å². The molecule has 2 aliphatic rings. The van der Waals surface area contributed by atoms with Gasteiger partial charge in [-0.05, 0) is 55.8 Å². The molecule has 0 N–H and O–H groups in total. The quantitative estimate of drug-likeness (QED) is 0.729. The van der Waals surface area contributed by atoms with Crippen LogP contribution in [-0.4, -0.2) is 58.8 Å². The van der Waals surface area contributed by atoms with Crippen molar-refractivity contribution in [3.05, 3.63) is 46.2 Å². The highest BCUT2D eigenvalue weighted by molar-refractivity contribution is 6.30. The van der Waals surface area contributed by atoms with Crippen LogP contribution in [0.15, 0.2) is 24.3 Å². The molecule has 3 heterocycles. The zero-order chi connectivity index (χ0) is 21.3. The van der Waals surface area contributed by atoms with E-state index in [0.717, 1.165) is 73.3 Å². The molecule has 6 nitrogen and oxygen atoms in total. The Hall–Kier alpha value is -2.05. The Morgan fingerprint density at radius 1 is 1.23 bits per heavy atom. The molecule has 0 radical (unpaired) electrons. The fraction of sp³-hybridized carbons (Fsp3) is 0.565. The van der Waals surface area contributed by atoms with Crippen molar-refractivity contribution in [1.82, 2.24) is 19.6 Å². The second-order valence-electron chi connectivity index (χ2n) is 8.85. The molecule has 0 unspecified atom stereocenters. The molecule has 4 rings (SSSR count). The maximum atomic E-state index is 12.8. The number of aromatic nitrogens is 2. The van der Waals surface area contributed by atoms with E-state index in [9.17, 15) is 4.79 Å². The van der Waals surface area contributed by atoms with Gasteiger partial charge in [0, 0.05) is 38.8 Å². The summed E-state index contributed by atoms with van der Waals surface area (Å²) in [5, 5.41) is 5.18. The Kier molecular flexibility index (Phi) is 6.07. The first kappa shape index (κ1) is 21.2. The van der Waals surface area contributed by atoms with Crippen LogP contribution >= 0.6 is 11.6 Å². The third-order valence-corrected chi connectivity index (χ3v) is 7.31. The molecule has 162 valence electrons. The Labute approximate surface area is 183 Å². The van der Waals surface area contributed by atoms with Gasteiger partial charge in [-0.1, -0.05) is 23.7 Å². The molecule has 1 amide bonds. The zero-order valence-electron chi connectivity index (χ0n) is 18.2. The number of aryl methyl sites for hydroxylation is 2. The number of carbonyl (C=O) groups is 1. The second kappa shape index (κ2) is 8.60. The van der Waals surface area contributed by atoms with Gasteiger partial charge in [-0.3, -0.25) is 14.4 Å². The molecule has 30 heavy (non-hydrogen) atoms. The lowest BCUT2D eigenvalue weighted by Crippen LogP contribution is -2.44. The predicted molar refractivity (Wildman–Crippen MR) is 118 cm³/mol. The van der Waals surface area contributed by atoms with Gasteiger partial charge in [0.25, 0.3) is 0 Å². The number of piperidine rings is 1. The minimum atomic E-state index is 0.214. The minimum Gasteiger partial charge on any atom is -0.497 e. The number of benzene rings is 1. The first-order valence-corrected chi connectivity index (χ1v) is 11.1. The molecular weight excluding hydrogens is 400 g/mol. The number of methoxy groups -OCH3 is 1. The summed E-state index contributed by atoms with van der Waals surface area (Å²) in [6.07, 6.45) is 3.79. The van der Waals surface area contributed by atoms with E-state index >= 15 is 0 Å². The van der Waals surface area contributed by atoms with Gasteiger partial charge >= 0.3 is 0 Å².